The molecule has 2 atom stereocenters. The number of benzene rings is 1. The molecule has 3 rings (SSSR count). The SMILES string of the molecule is CCC(C)CC(CC(=O)O)NC(=O)c1ccc2c(c1)nc(Cc1ccsc1)n2C(CC)CC. The molecule has 2 unspecified atom stereocenters. The zero-order chi connectivity index (χ0) is 24.0. The summed E-state index contributed by atoms with van der Waals surface area (Å²) in [5.74, 6) is 0.201. The van der Waals surface area contributed by atoms with Crippen LogP contribution in [0.25, 0.3) is 11.0 Å². The number of nitrogens with one attached hydrogen (secondary N) is 1. The molecule has 7 heteroatoms. The molecule has 0 saturated heterocycles. The highest BCUT2D eigenvalue weighted by molar-refractivity contribution is 7.07. The van der Waals surface area contributed by atoms with Crippen LogP contribution in [0.2, 0.25) is 0 Å². The molecule has 0 fully saturated rings. The average molecular weight is 470 g/mol. The normalized spacial score (nSPS) is 13.4. The first-order chi connectivity index (χ1) is 15.9. The van der Waals surface area contributed by atoms with Crippen molar-refractivity contribution in [3.05, 3.63) is 52.0 Å². The second kappa shape index (κ2) is 11.5. The van der Waals surface area contributed by atoms with Gasteiger partial charge in [0.15, 0.2) is 0 Å². The lowest BCUT2D eigenvalue weighted by atomic mass is 9.97. The Kier molecular flexibility index (Phi) is 8.67. The highest BCUT2D eigenvalue weighted by Gasteiger charge is 2.21. The second-order valence-electron chi connectivity index (χ2n) is 8.90. The largest absolute Gasteiger partial charge is 0.481 e. The molecule has 2 N–H and O–H groups in total. The van der Waals surface area contributed by atoms with Crippen LogP contribution in [0, 0.1) is 5.92 Å². The topological polar surface area (TPSA) is 84.2 Å². The number of carboxylic acid groups (broad SMARTS) is 1. The number of carbonyl (C=O) groups is 2. The predicted molar refractivity (Wildman–Crippen MR) is 134 cm³/mol. The van der Waals surface area contributed by atoms with E-state index in [0.29, 0.717) is 23.9 Å². The van der Waals surface area contributed by atoms with Gasteiger partial charge in [-0.2, -0.15) is 11.3 Å². The Morgan fingerprint density at radius 3 is 2.52 bits per heavy atom. The zero-order valence-electron chi connectivity index (χ0n) is 20.0. The quantitative estimate of drug-likeness (QED) is 0.338. The van der Waals surface area contributed by atoms with Crippen molar-refractivity contribution >= 4 is 34.2 Å². The average Bonchev–Trinajstić information content (AvgIpc) is 3.42. The van der Waals surface area contributed by atoms with Crippen LogP contribution in [0.1, 0.15) is 87.6 Å². The first kappa shape index (κ1) is 25.0. The van der Waals surface area contributed by atoms with Gasteiger partial charge in [-0.3, -0.25) is 9.59 Å². The second-order valence-corrected chi connectivity index (χ2v) is 9.68. The van der Waals surface area contributed by atoms with Gasteiger partial charge in [-0.15, -0.1) is 0 Å². The first-order valence-electron chi connectivity index (χ1n) is 11.9. The van der Waals surface area contributed by atoms with Gasteiger partial charge in [0.1, 0.15) is 5.82 Å². The molecule has 0 radical (unpaired) electrons. The van der Waals surface area contributed by atoms with Crippen molar-refractivity contribution in [2.75, 3.05) is 0 Å². The summed E-state index contributed by atoms with van der Waals surface area (Å²) in [6.45, 7) is 8.53. The van der Waals surface area contributed by atoms with E-state index in [1.165, 1.54) is 5.56 Å². The van der Waals surface area contributed by atoms with Gasteiger partial charge >= 0.3 is 5.97 Å². The van der Waals surface area contributed by atoms with Crippen molar-refractivity contribution in [1.29, 1.82) is 0 Å². The van der Waals surface area contributed by atoms with E-state index in [9.17, 15) is 14.7 Å². The summed E-state index contributed by atoms with van der Waals surface area (Å²) >= 11 is 1.68. The molecule has 0 saturated carbocycles. The number of fused-ring (bicyclic) bond motifs is 1. The summed E-state index contributed by atoms with van der Waals surface area (Å²) in [7, 11) is 0. The minimum absolute atomic E-state index is 0.0770. The molecule has 6 nitrogen and oxygen atoms in total. The Morgan fingerprint density at radius 1 is 1.15 bits per heavy atom. The minimum Gasteiger partial charge on any atom is -0.481 e. The molecule has 0 spiro atoms. The van der Waals surface area contributed by atoms with Gasteiger partial charge in [0.05, 0.1) is 17.5 Å². The maximum absolute atomic E-state index is 13.0. The van der Waals surface area contributed by atoms with E-state index in [2.05, 4.69) is 54.4 Å². The molecule has 3 aromatic rings. The highest BCUT2D eigenvalue weighted by Crippen LogP contribution is 2.28. The summed E-state index contributed by atoms with van der Waals surface area (Å²) in [5.41, 5.74) is 3.59. The third kappa shape index (κ3) is 6.22. The van der Waals surface area contributed by atoms with Crippen LogP contribution in [0.3, 0.4) is 0 Å². The maximum atomic E-state index is 13.0. The Hall–Kier alpha value is -2.67. The van der Waals surface area contributed by atoms with Crippen molar-refractivity contribution < 1.29 is 14.7 Å². The van der Waals surface area contributed by atoms with Crippen LogP contribution >= 0.6 is 11.3 Å². The smallest absolute Gasteiger partial charge is 0.305 e. The number of thiophene rings is 1. The summed E-state index contributed by atoms with van der Waals surface area (Å²) in [5, 5.41) is 16.4. The van der Waals surface area contributed by atoms with Gasteiger partial charge in [0.2, 0.25) is 0 Å². The molecule has 2 aromatic heterocycles. The summed E-state index contributed by atoms with van der Waals surface area (Å²) in [6, 6.07) is 7.72. The van der Waals surface area contributed by atoms with Crippen LogP contribution in [-0.2, 0) is 11.2 Å². The third-order valence-corrected chi connectivity index (χ3v) is 7.15. The standard InChI is InChI=1S/C26H35N3O3S/c1-5-17(4)12-20(15-25(30)31)27-26(32)19-8-9-23-22(14-19)28-24(13-18-10-11-33-16-18)29(23)21(6-2)7-3/h8-11,14,16-17,20-21H,5-7,12-13,15H2,1-4H3,(H,27,32)(H,30,31). The lowest BCUT2D eigenvalue weighted by Gasteiger charge is -2.20. The fraction of sp³-hybridized carbons (Fsp3) is 0.500. The number of nitrogens with zero attached hydrogens (tertiary/aromatic N) is 2. The molecule has 0 aliphatic carbocycles. The molecule has 0 aliphatic heterocycles. The van der Waals surface area contributed by atoms with Crippen molar-refractivity contribution in [1.82, 2.24) is 14.9 Å². The molecular formula is C26H35N3O3S. The molecule has 0 aliphatic rings. The number of hydrogen-bond acceptors (Lipinski definition) is 4. The molecule has 33 heavy (non-hydrogen) atoms. The number of amides is 1. The highest BCUT2D eigenvalue weighted by atomic mass is 32.1. The van der Waals surface area contributed by atoms with Gasteiger partial charge in [-0.25, -0.2) is 4.98 Å². The summed E-state index contributed by atoms with van der Waals surface area (Å²) in [6.07, 6.45) is 4.28. The van der Waals surface area contributed by atoms with Crippen molar-refractivity contribution in [2.24, 2.45) is 5.92 Å². The Labute approximate surface area is 200 Å². The maximum Gasteiger partial charge on any atom is 0.305 e. The lowest BCUT2D eigenvalue weighted by Crippen LogP contribution is -2.37. The van der Waals surface area contributed by atoms with Crippen LogP contribution in [0.5, 0.6) is 0 Å². The number of aromatic nitrogens is 2. The fourth-order valence-corrected chi connectivity index (χ4v) is 5.05. The van der Waals surface area contributed by atoms with E-state index < -0.39 is 12.0 Å². The zero-order valence-corrected chi connectivity index (χ0v) is 20.8. The fourth-order valence-electron chi connectivity index (χ4n) is 4.38. The van der Waals surface area contributed by atoms with Crippen molar-refractivity contribution in [3.63, 3.8) is 0 Å². The minimum atomic E-state index is -0.902. The van der Waals surface area contributed by atoms with Crippen LogP contribution < -0.4 is 5.32 Å². The number of imidazole rings is 1. The Balaban J connectivity index is 1.91. The molecule has 0 bridgehead atoms. The number of carboxylic acids is 1. The van der Waals surface area contributed by atoms with E-state index in [1.54, 1.807) is 11.3 Å². The van der Waals surface area contributed by atoms with Crippen molar-refractivity contribution in [3.8, 4) is 0 Å². The number of carbonyl (C=O) groups excluding carboxylic acids is 1. The molecule has 2 heterocycles. The molecule has 1 amide bonds. The Morgan fingerprint density at radius 2 is 1.91 bits per heavy atom. The van der Waals surface area contributed by atoms with Crippen LogP contribution in [0.15, 0.2) is 35.0 Å². The van der Waals surface area contributed by atoms with Crippen LogP contribution in [-0.4, -0.2) is 32.6 Å². The van der Waals surface area contributed by atoms with Gasteiger partial charge in [-0.1, -0.05) is 34.1 Å². The number of rotatable bonds is 12. The van der Waals surface area contributed by atoms with Gasteiger partial charge < -0.3 is 15.0 Å². The van der Waals surface area contributed by atoms with Gasteiger partial charge in [0.25, 0.3) is 5.91 Å². The van der Waals surface area contributed by atoms with E-state index in [0.717, 1.165) is 42.5 Å². The number of aliphatic carboxylic acids is 1. The predicted octanol–water partition coefficient (Wildman–Crippen LogP) is 6.06. The van der Waals surface area contributed by atoms with E-state index in [-0.39, 0.29) is 12.3 Å². The lowest BCUT2D eigenvalue weighted by molar-refractivity contribution is -0.137. The van der Waals surface area contributed by atoms with E-state index in [1.807, 2.05) is 18.2 Å². The summed E-state index contributed by atoms with van der Waals surface area (Å²) in [4.78, 5) is 29.2. The molecule has 178 valence electrons. The third-order valence-electron chi connectivity index (χ3n) is 6.41. The summed E-state index contributed by atoms with van der Waals surface area (Å²) < 4.78 is 2.32. The molecule has 1 aromatic carbocycles. The van der Waals surface area contributed by atoms with Crippen molar-refractivity contribution in [2.45, 2.75) is 78.3 Å². The van der Waals surface area contributed by atoms with E-state index in [4.69, 9.17) is 4.98 Å². The molecular weight excluding hydrogens is 434 g/mol. The monoisotopic (exact) mass is 469 g/mol. The van der Waals surface area contributed by atoms with Gasteiger partial charge in [-0.05, 0) is 65.8 Å². The van der Waals surface area contributed by atoms with E-state index >= 15 is 0 Å². The van der Waals surface area contributed by atoms with Crippen LogP contribution in [0.4, 0.5) is 0 Å². The van der Waals surface area contributed by atoms with Gasteiger partial charge in [0, 0.05) is 24.1 Å². The number of hydrogen-bond donors (Lipinski definition) is 2. The first-order valence-corrected chi connectivity index (χ1v) is 12.8. The Bertz CT molecular complexity index is 1070.